The van der Waals surface area contributed by atoms with Gasteiger partial charge in [-0.1, -0.05) is 121 Å². The fourth-order valence-electron chi connectivity index (χ4n) is 5.40. The van der Waals surface area contributed by atoms with Crippen LogP contribution in [-0.4, -0.2) is 16.4 Å². The molecular weight excluding hydrogens is 488 g/mol. The fraction of sp³-hybridized carbons (Fsp3) is 0.541. The maximum Gasteiger partial charge on any atom is 0.303 e. The molecule has 0 saturated carbocycles. The zero-order valence-corrected chi connectivity index (χ0v) is 25.7. The van der Waals surface area contributed by atoms with E-state index in [2.05, 4.69) is 80.0 Å². The Morgan fingerprint density at radius 2 is 1.35 bits per heavy atom. The van der Waals surface area contributed by atoms with Gasteiger partial charge in [-0.2, -0.15) is 0 Å². The van der Waals surface area contributed by atoms with Gasteiger partial charge in [0.15, 0.2) is 0 Å². The highest BCUT2D eigenvalue weighted by Crippen LogP contribution is 2.37. The molecule has 0 spiro atoms. The Balaban J connectivity index is 2.68. The number of hydrogen-bond donors (Lipinski definition) is 0. The first-order chi connectivity index (χ1) is 19.5. The Bertz CT molecular complexity index is 1140. The number of ketones is 1. The first kappa shape index (κ1) is 33.2. The number of hydrogen-bond acceptors (Lipinski definition) is 1. The van der Waals surface area contributed by atoms with Gasteiger partial charge in [-0.15, -0.1) is 4.79 Å². The molecule has 0 aliphatic carbocycles. The van der Waals surface area contributed by atoms with Gasteiger partial charge in [-0.05, 0) is 85.3 Å². The number of unbranched alkanes of at least 4 members (excludes halogenated alkanes) is 8. The van der Waals surface area contributed by atoms with E-state index < -0.39 is 0 Å². The Kier molecular flexibility index (Phi) is 16.6. The first-order valence-electron chi connectivity index (χ1n) is 15.9. The number of benzene rings is 2. The summed E-state index contributed by atoms with van der Waals surface area (Å²) >= 11 is 0. The Labute approximate surface area is 244 Å². The second kappa shape index (κ2) is 20.0. The zero-order valence-electron chi connectivity index (χ0n) is 25.7. The third-order valence-electron chi connectivity index (χ3n) is 7.76. The SMILES string of the molecule is CCCCCCCCC(=C=[N+]=[N-])C(CCCCC)=C(c1ccc(CCCC)cc1)c1ccccc1CCC(C)=O. The molecule has 0 N–H and O–H groups in total. The summed E-state index contributed by atoms with van der Waals surface area (Å²) in [5.41, 5.74) is 18.1. The van der Waals surface area contributed by atoms with Gasteiger partial charge in [0, 0.05) is 6.42 Å². The number of nitrogens with zero attached hydrogens (tertiary/aromatic N) is 2. The quantitative estimate of drug-likeness (QED) is 0.0541. The molecular formula is C37H52N2O. The highest BCUT2D eigenvalue weighted by atomic mass is 16.1. The van der Waals surface area contributed by atoms with Crippen molar-refractivity contribution in [3.8, 4) is 0 Å². The van der Waals surface area contributed by atoms with E-state index in [0.29, 0.717) is 6.42 Å². The molecule has 0 bridgehead atoms. The molecule has 0 radical (unpaired) electrons. The van der Waals surface area contributed by atoms with Gasteiger partial charge >= 0.3 is 5.87 Å². The van der Waals surface area contributed by atoms with Crippen molar-refractivity contribution in [2.45, 2.75) is 130 Å². The number of allylic oxidation sites excluding steroid dienone is 2. The van der Waals surface area contributed by atoms with Crippen LogP contribution in [0.25, 0.3) is 11.1 Å². The maximum absolute atomic E-state index is 11.9. The van der Waals surface area contributed by atoms with Crippen LogP contribution < -0.4 is 0 Å². The predicted octanol–water partition coefficient (Wildman–Crippen LogP) is 10.5. The molecule has 40 heavy (non-hydrogen) atoms. The third kappa shape index (κ3) is 11.6. The molecule has 2 aromatic carbocycles. The molecule has 0 saturated heterocycles. The molecule has 0 fully saturated rings. The molecule has 3 nitrogen and oxygen atoms in total. The molecule has 0 amide bonds. The van der Waals surface area contributed by atoms with Crippen molar-refractivity contribution in [2.75, 3.05) is 0 Å². The van der Waals surface area contributed by atoms with Gasteiger partial charge in [0.1, 0.15) is 5.78 Å². The van der Waals surface area contributed by atoms with E-state index in [9.17, 15) is 10.3 Å². The molecule has 216 valence electrons. The highest BCUT2D eigenvalue weighted by Gasteiger charge is 2.20. The topological polar surface area (TPSA) is 53.5 Å². The lowest BCUT2D eigenvalue weighted by Crippen LogP contribution is -2.05. The van der Waals surface area contributed by atoms with Crippen molar-refractivity contribution in [3.05, 3.63) is 87.5 Å². The molecule has 0 heterocycles. The van der Waals surface area contributed by atoms with Crippen molar-refractivity contribution in [3.63, 3.8) is 0 Å². The molecule has 2 aromatic rings. The predicted molar refractivity (Wildman–Crippen MR) is 171 cm³/mol. The normalized spacial score (nSPS) is 11.5. The van der Waals surface area contributed by atoms with E-state index >= 15 is 0 Å². The summed E-state index contributed by atoms with van der Waals surface area (Å²) in [4.78, 5) is 15.4. The van der Waals surface area contributed by atoms with E-state index in [0.717, 1.165) is 56.9 Å². The monoisotopic (exact) mass is 540 g/mol. The standard InChI is InChI=1S/C37H52N2O/c1-5-8-11-12-13-15-20-34(29-39-38)36(21-14-9-6-2)37(33-27-24-31(25-28-33)18-10-7-3)35-22-17-16-19-32(35)26-23-30(4)40/h16-17,19,22,24-25,27-28H,5-15,18,20-21,23,26H2,1-4H3. The Morgan fingerprint density at radius 1 is 0.725 bits per heavy atom. The van der Waals surface area contributed by atoms with Gasteiger partial charge in [0.05, 0.1) is 5.57 Å². The first-order valence-corrected chi connectivity index (χ1v) is 15.9. The minimum absolute atomic E-state index is 0.208. The average molecular weight is 541 g/mol. The molecule has 0 atom stereocenters. The van der Waals surface area contributed by atoms with Crippen LogP contribution in [0.3, 0.4) is 0 Å². The van der Waals surface area contributed by atoms with Gasteiger partial charge in [0.2, 0.25) is 0 Å². The molecule has 3 heteroatoms. The summed E-state index contributed by atoms with van der Waals surface area (Å²) in [6.45, 7) is 8.39. The van der Waals surface area contributed by atoms with Crippen LogP contribution in [-0.2, 0) is 17.6 Å². The molecule has 2 rings (SSSR count). The van der Waals surface area contributed by atoms with Crippen LogP contribution in [0.2, 0.25) is 0 Å². The molecule has 0 unspecified atom stereocenters. The molecule has 0 aromatic heterocycles. The van der Waals surface area contributed by atoms with Gasteiger partial charge in [-0.25, -0.2) is 0 Å². The fourth-order valence-corrected chi connectivity index (χ4v) is 5.40. The largest absolute Gasteiger partial charge is 0.348 e. The number of Topliss-reactive ketones (excluding diaryl/α,β-unsaturated/α-hetero) is 1. The summed E-state index contributed by atoms with van der Waals surface area (Å²) in [5, 5.41) is 0. The maximum atomic E-state index is 11.9. The number of rotatable bonds is 20. The third-order valence-corrected chi connectivity index (χ3v) is 7.76. The van der Waals surface area contributed by atoms with Gasteiger partial charge < -0.3 is 10.3 Å². The Hall–Kier alpha value is -2.99. The summed E-state index contributed by atoms with van der Waals surface area (Å²) in [6.07, 6.45) is 17.2. The molecule has 0 aliphatic rings. The van der Waals surface area contributed by atoms with Crippen LogP contribution in [0.5, 0.6) is 0 Å². The lowest BCUT2D eigenvalue weighted by Gasteiger charge is -2.20. The highest BCUT2D eigenvalue weighted by molar-refractivity contribution is 5.88. The summed E-state index contributed by atoms with van der Waals surface area (Å²) in [7, 11) is 0. The summed E-state index contributed by atoms with van der Waals surface area (Å²) in [6, 6.07) is 17.6. The van der Waals surface area contributed by atoms with Crippen LogP contribution in [0.15, 0.2) is 59.7 Å². The number of aryl methyl sites for hydroxylation is 2. The van der Waals surface area contributed by atoms with Crippen molar-refractivity contribution >= 4 is 17.2 Å². The van der Waals surface area contributed by atoms with E-state index in [1.54, 1.807) is 6.92 Å². The van der Waals surface area contributed by atoms with Crippen molar-refractivity contribution in [2.24, 2.45) is 0 Å². The second-order valence-corrected chi connectivity index (χ2v) is 11.2. The number of carbonyl (C=O) groups excluding carboxylic acids is 1. The lowest BCUT2D eigenvalue weighted by molar-refractivity contribution is -0.116. The lowest BCUT2D eigenvalue weighted by atomic mass is 9.83. The minimum Gasteiger partial charge on any atom is -0.348 e. The van der Waals surface area contributed by atoms with Crippen molar-refractivity contribution in [1.82, 2.24) is 0 Å². The van der Waals surface area contributed by atoms with E-state index in [-0.39, 0.29) is 5.78 Å². The van der Waals surface area contributed by atoms with Crippen LogP contribution >= 0.6 is 0 Å². The Morgan fingerprint density at radius 3 is 2.02 bits per heavy atom. The van der Waals surface area contributed by atoms with Crippen LogP contribution in [0.4, 0.5) is 0 Å². The second-order valence-electron chi connectivity index (χ2n) is 11.2. The smallest absolute Gasteiger partial charge is 0.303 e. The van der Waals surface area contributed by atoms with E-state index in [1.165, 1.54) is 78.3 Å². The van der Waals surface area contributed by atoms with Crippen LogP contribution in [0.1, 0.15) is 140 Å². The van der Waals surface area contributed by atoms with E-state index in [4.69, 9.17) is 0 Å². The number of carbonyl (C=O) groups is 1. The minimum atomic E-state index is 0.208. The van der Waals surface area contributed by atoms with Gasteiger partial charge in [0.25, 0.3) is 0 Å². The van der Waals surface area contributed by atoms with E-state index in [1.807, 2.05) is 0 Å². The van der Waals surface area contributed by atoms with Crippen LogP contribution in [0, 0.1) is 0 Å². The summed E-state index contributed by atoms with van der Waals surface area (Å²) in [5.74, 6) is 3.23. The average Bonchev–Trinajstić information content (AvgIpc) is 2.96. The molecule has 0 aliphatic heterocycles. The zero-order chi connectivity index (χ0) is 29.0. The van der Waals surface area contributed by atoms with Crippen molar-refractivity contribution < 1.29 is 9.58 Å². The van der Waals surface area contributed by atoms with Gasteiger partial charge in [-0.3, -0.25) is 0 Å². The van der Waals surface area contributed by atoms with Crippen molar-refractivity contribution in [1.29, 1.82) is 0 Å². The summed E-state index contributed by atoms with van der Waals surface area (Å²) < 4.78 is 0.